The SMILES string of the molecule is CC(=O)Oc1cc2c([nH]c3ccccc32)c(-c2cccnc2)n1. The Hall–Kier alpha value is -3.21. The van der Waals surface area contributed by atoms with Crippen LogP contribution in [0.15, 0.2) is 54.9 Å². The van der Waals surface area contributed by atoms with Crippen LogP contribution in [0.1, 0.15) is 6.92 Å². The van der Waals surface area contributed by atoms with Gasteiger partial charge in [0, 0.05) is 47.2 Å². The van der Waals surface area contributed by atoms with Crippen molar-refractivity contribution in [2.45, 2.75) is 6.92 Å². The van der Waals surface area contributed by atoms with Gasteiger partial charge in [-0.1, -0.05) is 18.2 Å². The van der Waals surface area contributed by atoms with Crippen molar-refractivity contribution in [3.8, 4) is 17.1 Å². The highest BCUT2D eigenvalue weighted by atomic mass is 16.5. The average Bonchev–Trinajstić information content (AvgIpc) is 2.93. The number of nitrogens with one attached hydrogen (secondary N) is 1. The number of para-hydroxylation sites is 1. The number of carbonyl (C=O) groups is 1. The molecule has 0 spiro atoms. The summed E-state index contributed by atoms with van der Waals surface area (Å²) in [6.07, 6.45) is 3.45. The topological polar surface area (TPSA) is 67.9 Å². The number of hydrogen-bond donors (Lipinski definition) is 1. The molecule has 1 N–H and O–H groups in total. The molecule has 0 saturated carbocycles. The smallest absolute Gasteiger partial charge is 0.309 e. The van der Waals surface area contributed by atoms with Crippen molar-refractivity contribution >= 4 is 27.8 Å². The van der Waals surface area contributed by atoms with Gasteiger partial charge in [-0.05, 0) is 18.2 Å². The van der Waals surface area contributed by atoms with Crippen LogP contribution in [0.2, 0.25) is 0 Å². The first-order chi connectivity index (χ1) is 11.2. The number of carbonyl (C=O) groups excluding carboxylic acids is 1. The molecule has 4 rings (SSSR count). The third kappa shape index (κ3) is 2.32. The van der Waals surface area contributed by atoms with Crippen LogP contribution in [0.5, 0.6) is 5.88 Å². The maximum absolute atomic E-state index is 11.3. The molecule has 0 aliphatic carbocycles. The van der Waals surface area contributed by atoms with Crippen LogP contribution >= 0.6 is 0 Å². The Morgan fingerprint density at radius 2 is 2.00 bits per heavy atom. The molecule has 0 aliphatic heterocycles. The molecular weight excluding hydrogens is 290 g/mol. The highest BCUT2D eigenvalue weighted by Crippen LogP contribution is 2.34. The number of nitrogens with zero attached hydrogens (tertiary/aromatic N) is 2. The average molecular weight is 303 g/mol. The van der Waals surface area contributed by atoms with Crippen LogP contribution in [0, 0.1) is 0 Å². The number of aromatic amines is 1. The fourth-order valence-electron chi connectivity index (χ4n) is 2.73. The highest BCUT2D eigenvalue weighted by molar-refractivity contribution is 6.11. The van der Waals surface area contributed by atoms with E-state index < -0.39 is 5.97 Å². The number of pyridine rings is 2. The number of fused-ring (bicyclic) bond motifs is 3. The van der Waals surface area contributed by atoms with Gasteiger partial charge in [-0.25, -0.2) is 4.98 Å². The molecule has 3 heterocycles. The van der Waals surface area contributed by atoms with Crippen molar-refractivity contribution < 1.29 is 9.53 Å². The third-order valence-electron chi connectivity index (χ3n) is 3.66. The zero-order valence-electron chi connectivity index (χ0n) is 12.4. The van der Waals surface area contributed by atoms with E-state index in [0.29, 0.717) is 5.69 Å². The van der Waals surface area contributed by atoms with E-state index in [1.165, 1.54) is 6.92 Å². The fraction of sp³-hybridized carbons (Fsp3) is 0.0556. The first-order valence-electron chi connectivity index (χ1n) is 7.22. The Balaban J connectivity index is 2.08. The summed E-state index contributed by atoms with van der Waals surface area (Å²) in [6, 6.07) is 13.6. The van der Waals surface area contributed by atoms with Gasteiger partial charge in [0.25, 0.3) is 0 Å². The third-order valence-corrected chi connectivity index (χ3v) is 3.66. The van der Waals surface area contributed by atoms with Crippen molar-refractivity contribution in [1.82, 2.24) is 15.0 Å². The predicted octanol–water partition coefficient (Wildman–Crippen LogP) is 3.70. The molecule has 0 atom stereocenters. The lowest BCUT2D eigenvalue weighted by atomic mass is 10.1. The first kappa shape index (κ1) is 13.5. The molecule has 4 aromatic rings. The van der Waals surface area contributed by atoms with Crippen molar-refractivity contribution in [3.05, 3.63) is 54.9 Å². The minimum absolute atomic E-state index is 0.286. The second-order valence-electron chi connectivity index (χ2n) is 5.24. The van der Waals surface area contributed by atoms with Gasteiger partial charge in [0.05, 0.1) is 11.2 Å². The molecule has 0 aliphatic rings. The Labute approximate surface area is 132 Å². The second kappa shape index (κ2) is 5.21. The zero-order valence-corrected chi connectivity index (χ0v) is 12.4. The molecular formula is C18H13N3O2. The van der Waals surface area contributed by atoms with E-state index in [-0.39, 0.29) is 5.88 Å². The van der Waals surface area contributed by atoms with Gasteiger partial charge < -0.3 is 9.72 Å². The number of benzene rings is 1. The van der Waals surface area contributed by atoms with Crippen LogP contribution in [0.3, 0.4) is 0 Å². The normalized spacial score (nSPS) is 11.0. The molecule has 0 amide bonds. The van der Waals surface area contributed by atoms with Crippen LogP contribution in [0.4, 0.5) is 0 Å². The zero-order chi connectivity index (χ0) is 15.8. The molecule has 0 bridgehead atoms. The number of esters is 1. The van der Waals surface area contributed by atoms with Crippen LogP contribution in [-0.2, 0) is 4.79 Å². The number of aromatic nitrogens is 3. The molecule has 5 nitrogen and oxygen atoms in total. The van der Waals surface area contributed by atoms with Crippen molar-refractivity contribution in [1.29, 1.82) is 0 Å². The standard InChI is InChI=1S/C18H13N3O2/c1-11(22)23-16-9-14-13-6-2-3-7-15(13)20-18(14)17(21-16)12-5-4-8-19-10-12/h2-10,20H,1H3. The van der Waals surface area contributed by atoms with Gasteiger partial charge in [0.2, 0.25) is 5.88 Å². The van der Waals surface area contributed by atoms with Gasteiger partial charge in [-0.3, -0.25) is 9.78 Å². The molecule has 5 heteroatoms. The monoisotopic (exact) mass is 303 g/mol. The van der Waals surface area contributed by atoms with Crippen LogP contribution < -0.4 is 4.74 Å². The van der Waals surface area contributed by atoms with Crippen LogP contribution in [0.25, 0.3) is 33.1 Å². The van der Waals surface area contributed by atoms with E-state index in [1.807, 2.05) is 36.4 Å². The van der Waals surface area contributed by atoms with E-state index in [0.717, 1.165) is 27.4 Å². The lowest BCUT2D eigenvalue weighted by molar-refractivity contribution is -0.132. The maximum Gasteiger partial charge on any atom is 0.309 e. The quantitative estimate of drug-likeness (QED) is 0.573. The summed E-state index contributed by atoms with van der Waals surface area (Å²) in [5.41, 5.74) is 3.48. The van der Waals surface area contributed by atoms with E-state index in [4.69, 9.17) is 4.74 Å². The largest absolute Gasteiger partial charge is 0.408 e. The Morgan fingerprint density at radius 3 is 2.78 bits per heavy atom. The van der Waals surface area contributed by atoms with Gasteiger partial charge in [0.1, 0.15) is 0 Å². The first-order valence-corrected chi connectivity index (χ1v) is 7.22. The van der Waals surface area contributed by atoms with E-state index in [2.05, 4.69) is 15.0 Å². The molecule has 3 aromatic heterocycles. The number of H-pyrrole nitrogens is 1. The van der Waals surface area contributed by atoms with Gasteiger partial charge in [-0.15, -0.1) is 0 Å². The molecule has 0 saturated heterocycles. The summed E-state index contributed by atoms with van der Waals surface area (Å²) in [5.74, 6) is -0.109. The van der Waals surface area contributed by atoms with E-state index in [9.17, 15) is 4.79 Å². The van der Waals surface area contributed by atoms with Crippen LogP contribution in [-0.4, -0.2) is 20.9 Å². The molecule has 112 valence electrons. The summed E-state index contributed by atoms with van der Waals surface area (Å²) in [4.78, 5) is 23.4. The summed E-state index contributed by atoms with van der Waals surface area (Å²) < 4.78 is 5.22. The summed E-state index contributed by atoms with van der Waals surface area (Å²) in [5, 5.41) is 2.02. The van der Waals surface area contributed by atoms with Gasteiger partial charge in [0.15, 0.2) is 0 Å². The minimum Gasteiger partial charge on any atom is -0.408 e. The van der Waals surface area contributed by atoms with Crippen molar-refractivity contribution in [3.63, 3.8) is 0 Å². The molecule has 0 unspecified atom stereocenters. The number of ether oxygens (including phenoxy) is 1. The second-order valence-corrected chi connectivity index (χ2v) is 5.24. The van der Waals surface area contributed by atoms with E-state index in [1.54, 1.807) is 18.5 Å². The fourth-order valence-corrected chi connectivity index (χ4v) is 2.73. The molecule has 0 fully saturated rings. The molecule has 0 radical (unpaired) electrons. The minimum atomic E-state index is -0.395. The maximum atomic E-state index is 11.3. The number of rotatable bonds is 2. The Morgan fingerprint density at radius 1 is 1.13 bits per heavy atom. The van der Waals surface area contributed by atoms with Gasteiger partial charge in [-0.2, -0.15) is 0 Å². The lowest BCUT2D eigenvalue weighted by Crippen LogP contribution is -2.03. The van der Waals surface area contributed by atoms with Crippen molar-refractivity contribution in [2.75, 3.05) is 0 Å². The summed E-state index contributed by atoms with van der Waals surface area (Å²) >= 11 is 0. The number of hydrogen-bond acceptors (Lipinski definition) is 4. The Bertz CT molecular complexity index is 1020. The lowest BCUT2D eigenvalue weighted by Gasteiger charge is -2.06. The predicted molar refractivity (Wildman–Crippen MR) is 88.1 cm³/mol. The summed E-state index contributed by atoms with van der Waals surface area (Å²) in [7, 11) is 0. The Kier molecular flexibility index (Phi) is 3.05. The molecule has 23 heavy (non-hydrogen) atoms. The van der Waals surface area contributed by atoms with E-state index >= 15 is 0 Å². The summed E-state index contributed by atoms with van der Waals surface area (Å²) in [6.45, 7) is 1.37. The highest BCUT2D eigenvalue weighted by Gasteiger charge is 2.14. The van der Waals surface area contributed by atoms with Crippen molar-refractivity contribution in [2.24, 2.45) is 0 Å². The van der Waals surface area contributed by atoms with Gasteiger partial charge >= 0.3 is 5.97 Å². The molecule has 1 aromatic carbocycles.